The second-order valence-corrected chi connectivity index (χ2v) is 21.1. The maximum absolute atomic E-state index is 16.0. The third kappa shape index (κ3) is 10.3. The summed E-state index contributed by atoms with van der Waals surface area (Å²) >= 11 is 0. The number of esters is 1. The van der Waals surface area contributed by atoms with Crippen molar-refractivity contribution >= 4 is 62.7 Å². The number of pyridine rings is 1. The predicted molar refractivity (Wildman–Crippen MR) is 288 cm³/mol. The fourth-order valence-electron chi connectivity index (χ4n) is 10.8. The number of amides is 1. The quantitative estimate of drug-likeness (QED) is 0.0224. The minimum absolute atomic E-state index is 0.00129. The van der Waals surface area contributed by atoms with Crippen LogP contribution in [0.3, 0.4) is 0 Å². The van der Waals surface area contributed by atoms with Crippen LogP contribution in [0.2, 0.25) is 0 Å². The number of ketones is 1. The van der Waals surface area contributed by atoms with Crippen molar-refractivity contribution in [2.24, 2.45) is 28.8 Å². The first kappa shape index (κ1) is 55.8. The third-order valence-corrected chi connectivity index (χ3v) is 15.8. The maximum atomic E-state index is 16.0. The number of aromatic nitrogens is 1. The molecule has 2 fully saturated rings. The number of allylic oxidation sites excluding steroid dienone is 2. The lowest BCUT2D eigenvalue weighted by Crippen LogP contribution is -2.46. The summed E-state index contributed by atoms with van der Waals surface area (Å²) in [6.07, 6.45) is 8.14. The van der Waals surface area contributed by atoms with Crippen molar-refractivity contribution in [2.75, 3.05) is 37.5 Å². The summed E-state index contributed by atoms with van der Waals surface area (Å²) in [6.45, 7) is 16.5. The SMILES string of the molecule is C=C(O)c1cn(C2CC2)c2cc(N3CCC(N(C)/N=C/c4c5c(O)c6c(O)c(C)c7c(c6c4O)C(=O)[C@@](C)(O/C=C/[C@H](OC)[C@@H](C)[C@@H](OC(C)=O)[C@H](C)[C@H](O)[C@H](C)[C@@H](O)[C@@H](C)/C=C/C=C(/C)C(=O)N5)O7)C3)c(F)cc2c1=O. The van der Waals surface area contributed by atoms with E-state index in [1.807, 2.05) is 9.47 Å². The molecule has 1 aliphatic carbocycles. The number of anilines is 2. The van der Waals surface area contributed by atoms with Gasteiger partial charge in [-0.3, -0.25) is 24.2 Å². The van der Waals surface area contributed by atoms with Crippen LogP contribution in [0.4, 0.5) is 15.8 Å². The molecule has 5 bridgehead atoms. The smallest absolute Gasteiger partial charge is 0.312 e. The summed E-state index contributed by atoms with van der Waals surface area (Å²) in [5.74, 6) is -10.2. The number of phenols is 3. The summed E-state index contributed by atoms with van der Waals surface area (Å²) in [6, 6.07) is 2.53. The lowest BCUT2D eigenvalue weighted by Gasteiger charge is -2.38. The molecule has 1 aromatic heterocycles. The number of methoxy groups -OCH3 is 1. The van der Waals surface area contributed by atoms with E-state index in [1.165, 1.54) is 65.5 Å². The van der Waals surface area contributed by atoms with E-state index in [2.05, 4.69) is 17.0 Å². The number of carbonyl (C=O) groups is 3. The molecule has 19 nitrogen and oxygen atoms in total. The number of halogens is 1. The van der Waals surface area contributed by atoms with Crippen molar-refractivity contribution in [2.45, 2.75) is 117 Å². The molecule has 5 heterocycles. The zero-order valence-corrected chi connectivity index (χ0v) is 44.8. The number of Topliss-reactive ketones (excluding diaryl/α,β-unsaturated/α-hetero) is 1. The summed E-state index contributed by atoms with van der Waals surface area (Å²) in [5.41, 5.74) is -0.564. The summed E-state index contributed by atoms with van der Waals surface area (Å²) < 4.78 is 41.7. The van der Waals surface area contributed by atoms with Gasteiger partial charge < -0.3 is 64.4 Å². The minimum Gasteiger partial charge on any atom is -0.508 e. The van der Waals surface area contributed by atoms with Crippen molar-refractivity contribution in [3.63, 3.8) is 0 Å². The molecule has 1 amide bonds. The zero-order chi connectivity index (χ0) is 56.3. The number of nitrogens with zero attached hydrogens (tertiary/aromatic N) is 4. The first-order chi connectivity index (χ1) is 36.3. The molecule has 4 aromatic rings. The van der Waals surface area contributed by atoms with Gasteiger partial charge in [0.25, 0.3) is 11.7 Å². The standard InChI is InChI=1S/C57H68FN5O14/c1-26-13-12-14-27(2)56(73)60-46-37(23-59-61(10)35-17-19-62(24-35)41-22-40-36(21-39(41)58)50(69)38(32(7)64)25-63(40)34-15-16-34)51(70)43-44(52(46)71)49(68)31(6)54-45(43)55(72)57(9,77-54)75-20-18-42(74-11)28(3)53(76-33(8)65)30(5)48(67)29(4)47(26)66/h12-14,18,20-23,25-26,28-30,34-35,42,47-48,53,64,66-68,70-71H,7,15-17,19,24H2,1-6,8-11H3,(H,60,73)/b13-12+,20-18+,27-14-,59-23+/t26-,28+,29+,30+,35?,42-,47-,48+,53+,57-/m0/s1. The van der Waals surface area contributed by atoms with Crippen molar-refractivity contribution in [1.82, 2.24) is 9.58 Å². The van der Waals surface area contributed by atoms with Gasteiger partial charge in [0.05, 0.1) is 75.8 Å². The van der Waals surface area contributed by atoms with Crippen LogP contribution < -0.4 is 20.4 Å². The van der Waals surface area contributed by atoms with Crippen molar-refractivity contribution < 1.29 is 68.4 Å². The van der Waals surface area contributed by atoms with E-state index in [-0.39, 0.29) is 74.4 Å². The van der Waals surface area contributed by atoms with Crippen LogP contribution in [0.15, 0.2) is 70.9 Å². The van der Waals surface area contributed by atoms with Crippen LogP contribution >= 0.6 is 0 Å². The summed E-state index contributed by atoms with van der Waals surface area (Å²) in [7, 11) is 3.07. The highest BCUT2D eigenvalue weighted by molar-refractivity contribution is 6.24. The number of carbonyl (C=O) groups excluding carboxylic acids is 3. The number of nitrogens with one attached hydrogen (secondary N) is 1. The highest BCUT2D eigenvalue weighted by atomic mass is 19.1. The lowest BCUT2D eigenvalue weighted by atomic mass is 9.78. The molecule has 4 aliphatic heterocycles. The van der Waals surface area contributed by atoms with Crippen LogP contribution in [0.5, 0.6) is 23.0 Å². The van der Waals surface area contributed by atoms with Gasteiger partial charge in [-0.25, -0.2) is 4.39 Å². The Morgan fingerprint density at radius 2 is 1.69 bits per heavy atom. The van der Waals surface area contributed by atoms with E-state index in [0.717, 1.165) is 12.8 Å². The number of hydrogen-bond donors (Lipinski definition) is 7. The Hall–Kier alpha value is -7.42. The maximum Gasteiger partial charge on any atom is 0.312 e. The first-order valence-electron chi connectivity index (χ1n) is 25.7. The molecule has 0 radical (unpaired) electrons. The van der Waals surface area contributed by atoms with Gasteiger partial charge in [-0.1, -0.05) is 52.5 Å². The van der Waals surface area contributed by atoms with Crippen LogP contribution in [-0.4, -0.2) is 128 Å². The minimum atomic E-state index is -2.13. The molecule has 77 heavy (non-hydrogen) atoms. The molecule has 9 rings (SSSR count). The topological polar surface area (TPSA) is 262 Å². The molecular weight excluding hydrogens is 998 g/mol. The van der Waals surface area contributed by atoms with E-state index >= 15 is 4.39 Å². The molecule has 0 spiro atoms. The van der Waals surface area contributed by atoms with Gasteiger partial charge in [0.15, 0.2) is 11.2 Å². The number of hydrogen-bond acceptors (Lipinski definition) is 17. The average molecular weight is 1070 g/mol. The number of ether oxygens (including phenoxy) is 4. The number of fused-ring (bicyclic) bond motifs is 15. The second-order valence-electron chi connectivity index (χ2n) is 21.1. The fraction of sp³-hybridized carbons (Fsp3) is 0.456. The van der Waals surface area contributed by atoms with Gasteiger partial charge in [-0.05, 0) is 51.3 Å². The number of aromatic hydroxyl groups is 3. The largest absolute Gasteiger partial charge is 0.508 e. The molecule has 412 valence electrons. The molecule has 1 saturated carbocycles. The van der Waals surface area contributed by atoms with Gasteiger partial charge in [0.1, 0.15) is 34.9 Å². The molecule has 5 aliphatic rings. The lowest BCUT2D eigenvalue weighted by molar-refractivity contribution is -0.160. The Labute approximate surface area is 444 Å². The molecule has 10 atom stereocenters. The molecule has 1 unspecified atom stereocenters. The average Bonchev–Trinajstić information content (AvgIpc) is 4.09. The van der Waals surface area contributed by atoms with E-state index in [4.69, 9.17) is 18.9 Å². The van der Waals surface area contributed by atoms with Crippen molar-refractivity contribution in [3.05, 3.63) is 99.3 Å². The summed E-state index contributed by atoms with van der Waals surface area (Å²) in [5, 5.41) is 78.0. The number of likely N-dealkylation sites (N-methyl/N-ethyl adjacent to an activating group) is 1. The normalized spacial score (nSPS) is 28.8. The van der Waals surface area contributed by atoms with Gasteiger partial charge in [0.2, 0.25) is 0 Å². The fourth-order valence-corrected chi connectivity index (χ4v) is 10.8. The number of phenolic OH excluding ortho intramolecular Hbond substituents is 3. The highest BCUT2D eigenvalue weighted by Crippen LogP contribution is 2.55. The molecule has 20 heteroatoms. The monoisotopic (exact) mass is 1070 g/mol. The molecule has 7 N–H and O–H groups in total. The number of rotatable bonds is 8. The summed E-state index contributed by atoms with van der Waals surface area (Å²) in [4.78, 5) is 56.4. The van der Waals surface area contributed by atoms with Crippen LogP contribution in [0.25, 0.3) is 27.4 Å². The van der Waals surface area contributed by atoms with Crippen LogP contribution in [-0.2, 0) is 23.8 Å². The van der Waals surface area contributed by atoms with E-state index in [1.54, 1.807) is 64.2 Å². The van der Waals surface area contributed by atoms with Gasteiger partial charge >= 0.3 is 11.8 Å². The van der Waals surface area contributed by atoms with Crippen molar-refractivity contribution in [3.8, 4) is 23.0 Å². The first-order valence-corrected chi connectivity index (χ1v) is 25.7. The number of aliphatic hydroxyl groups is 3. The number of aliphatic hydroxyl groups excluding tert-OH is 3. The van der Waals surface area contributed by atoms with Gasteiger partial charge in [-0.2, -0.15) is 5.10 Å². The number of hydrazone groups is 1. The Balaban J connectivity index is 1.19. The van der Waals surface area contributed by atoms with Crippen LogP contribution in [0, 0.1) is 36.4 Å². The van der Waals surface area contributed by atoms with E-state index in [0.29, 0.717) is 18.5 Å². The van der Waals surface area contributed by atoms with Gasteiger partial charge in [-0.15, -0.1) is 0 Å². The Kier molecular flexibility index (Phi) is 15.6. The third-order valence-electron chi connectivity index (χ3n) is 15.8. The van der Waals surface area contributed by atoms with Crippen LogP contribution in [0.1, 0.15) is 101 Å². The molecule has 3 aromatic carbocycles. The Morgan fingerprint density at radius 1 is 0.987 bits per heavy atom. The Bertz CT molecular complexity index is 3250. The van der Waals surface area contributed by atoms with Crippen molar-refractivity contribution in [1.29, 1.82) is 0 Å². The van der Waals surface area contributed by atoms with E-state index < -0.39 is 111 Å². The molecule has 1 saturated heterocycles. The highest BCUT2D eigenvalue weighted by Gasteiger charge is 2.50. The zero-order valence-electron chi connectivity index (χ0n) is 44.8. The predicted octanol–water partition coefficient (Wildman–Crippen LogP) is 7.62. The molecular formula is C57H68FN5O14. The second kappa shape index (κ2) is 21.5. The Morgan fingerprint density at radius 3 is 2.34 bits per heavy atom. The van der Waals surface area contributed by atoms with Gasteiger partial charge in [0, 0.05) is 98.9 Å². The van der Waals surface area contributed by atoms with E-state index in [9.17, 15) is 49.8 Å². The number of benzene rings is 3.